The van der Waals surface area contributed by atoms with Crippen LogP contribution in [0.1, 0.15) is 13.8 Å². The van der Waals surface area contributed by atoms with E-state index >= 15 is 0 Å². The summed E-state index contributed by atoms with van der Waals surface area (Å²) in [5.41, 5.74) is 0.884. The zero-order chi connectivity index (χ0) is 11.3. The van der Waals surface area contributed by atoms with Gasteiger partial charge >= 0.3 is 0 Å². The maximum atomic E-state index is 11.3. The van der Waals surface area contributed by atoms with Crippen LogP contribution in [0.3, 0.4) is 0 Å². The van der Waals surface area contributed by atoms with Crippen LogP contribution in [0.2, 0.25) is 0 Å². The van der Waals surface area contributed by atoms with Crippen molar-refractivity contribution in [2.75, 3.05) is 33.4 Å². The smallest absolute Gasteiger partial charge is 0.247 e. The Morgan fingerprint density at radius 1 is 1.53 bits per heavy atom. The van der Waals surface area contributed by atoms with Crippen molar-refractivity contribution < 1.29 is 9.53 Å². The number of carbonyl (C=O) groups excluding carboxylic acids is 1. The van der Waals surface area contributed by atoms with Crippen LogP contribution in [0, 0.1) is 0 Å². The van der Waals surface area contributed by atoms with E-state index in [0.29, 0.717) is 6.04 Å². The molecule has 4 nitrogen and oxygen atoms in total. The van der Waals surface area contributed by atoms with Crippen molar-refractivity contribution in [2.24, 2.45) is 0 Å². The van der Waals surface area contributed by atoms with Gasteiger partial charge in [-0.05, 0) is 0 Å². The zero-order valence-corrected chi connectivity index (χ0v) is 9.75. The van der Waals surface area contributed by atoms with Crippen LogP contribution in [-0.4, -0.2) is 50.2 Å². The summed E-state index contributed by atoms with van der Waals surface area (Å²) in [5, 5.41) is 2.64. The average Bonchev–Trinajstić information content (AvgIpc) is 2.66. The molecule has 0 unspecified atom stereocenters. The van der Waals surface area contributed by atoms with Gasteiger partial charge in [0.15, 0.2) is 0 Å². The lowest BCUT2D eigenvalue weighted by Gasteiger charge is -2.34. The Morgan fingerprint density at radius 3 is 2.67 bits per heavy atom. The van der Waals surface area contributed by atoms with E-state index < -0.39 is 0 Å². The van der Waals surface area contributed by atoms with Gasteiger partial charge in [0.2, 0.25) is 5.91 Å². The van der Waals surface area contributed by atoms with Gasteiger partial charge in [-0.1, -0.05) is 19.9 Å². The van der Waals surface area contributed by atoms with E-state index in [-0.39, 0.29) is 5.91 Å². The van der Waals surface area contributed by atoms with E-state index in [2.05, 4.69) is 10.2 Å². The first kappa shape index (κ1) is 12.2. The Kier molecular flexibility index (Phi) is 4.78. The molecule has 1 amide bonds. The Morgan fingerprint density at radius 2 is 2.20 bits per heavy atom. The second kappa shape index (κ2) is 5.88. The van der Waals surface area contributed by atoms with Crippen LogP contribution in [0.25, 0.3) is 0 Å². The maximum absolute atomic E-state index is 11.3. The molecule has 0 bridgehead atoms. The first-order valence-corrected chi connectivity index (χ1v) is 5.54. The summed E-state index contributed by atoms with van der Waals surface area (Å²) in [4.78, 5) is 13.5. The summed E-state index contributed by atoms with van der Waals surface area (Å²) in [6, 6.07) is 0.526. The SMILES string of the molecule is CC.CNC(=O)C1=CCN(C2COC2)C1. The third-order valence-electron chi connectivity index (χ3n) is 2.60. The lowest BCUT2D eigenvalue weighted by atomic mass is 10.2. The van der Waals surface area contributed by atoms with Gasteiger partial charge in [0.25, 0.3) is 0 Å². The Hall–Kier alpha value is -0.870. The van der Waals surface area contributed by atoms with Crippen molar-refractivity contribution in [1.29, 1.82) is 0 Å². The van der Waals surface area contributed by atoms with Gasteiger partial charge < -0.3 is 10.1 Å². The molecule has 0 aromatic rings. The molecule has 4 heteroatoms. The average molecular weight is 212 g/mol. The number of rotatable bonds is 2. The maximum Gasteiger partial charge on any atom is 0.247 e. The summed E-state index contributed by atoms with van der Waals surface area (Å²) in [5.74, 6) is 0.0442. The number of carbonyl (C=O) groups is 1. The number of hydrogen-bond acceptors (Lipinski definition) is 3. The van der Waals surface area contributed by atoms with E-state index in [1.165, 1.54) is 0 Å². The molecule has 2 aliphatic rings. The molecule has 0 aliphatic carbocycles. The molecule has 0 saturated carbocycles. The third kappa shape index (κ3) is 2.79. The highest BCUT2D eigenvalue weighted by Gasteiger charge is 2.29. The summed E-state index contributed by atoms with van der Waals surface area (Å²) in [6.07, 6.45) is 2.00. The van der Waals surface area contributed by atoms with E-state index in [4.69, 9.17) is 4.74 Å². The predicted octanol–water partition coefficient (Wildman–Crippen LogP) is 0.399. The second-order valence-corrected chi connectivity index (χ2v) is 3.43. The highest BCUT2D eigenvalue weighted by Crippen LogP contribution is 2.17. The Labute approximate surface area is 91.3 Å². The fourth-order valence-corrected chi connectivity index (χ4v) is 1.61. The van der Waals surface area contributed by atoms with Crippen LogP contribution in [-0.2, 0) is 9.53 Å². The molecule has 2 heterocycles. The topological polar surface area (TPSA) is 41.6 Å². The molecule has 0 aromatic carbocycles. The van der Waals surface area contributed by atoms with Gasteiger partial charge in [0.05, 0.1) is 19.3 Å². The quantitative estimate of drug-likeness (QED) is 0.720. The van der Waals surface area contributed by atoms with E-state index in [1.807, 2.05) is 19.9 Å². The van der Waals surface area contributed by atoms with Crippen LogP contribution in [0.4, 0.5) is 0 Å². The number of hydrogen-bond donors (Lipinski definition) is 1. The van der Waals surface area contributed by atoms with E-state index in [1.54, 1.807) is 7.05 Å². The third-order valence-corrected chi connectivity index (χ3v) is 2.60. The monoisotopic (exact) mass is 212 g/mol. The minimum Gasteiger partial charge on any atom is -0.378 e. The van der Waals surface area contributed by atoms with Gasteiger partial charge in [-0.25, -0.2) is 0 Å². The lowest BCUT2D eigenvalue weighted by molar-refractivity contribution is -0.117. The Balaban J connectivity index is 0.000000531. The molecule has 2 rings (SSSR count). The summed E-state index contributed by atoms with van der Waals surface area (Å²) < 4.78 is 5.10. The number of amides is 1. The minimum absolute atomic E-state index is 0.0442. The molecule has 1 saturated heterocycles. The van der Waals surface area contributed by atoms with Gasteiger partial charge in [-0.15, -0.1) is 0 Å². The summed E-state index contributed by atoms with van der Waals surface area (Å²) >= 11 is 0. The summed E-state index contributed by atoms with van der Waals surface area (Å²) in [7, 11) is 1.66. The molecule has 15 heavy (non-hydrogen) atoms. The van der Waals surface area contributed by atoms with Crippen LogP contribution < -0.4 is 5.32 Å². The molecule has 0 aromatic heterocycles. The predicted molar refractivity (Wildman–Crippen MR) is 59.7 cm³/mol. The fraction of sp³-hybridized carbons (Fsp3) is 0.727. The zero-order valence-electron chi connectivity index (χ0n) is 9.75. The first-order valence-electron chi connectivity index (χ1n) is 5.54. The highest BCUT2D eigenvalue weighted by atomic mass is 16.5. The number of likely N-dealkylation sites (N-methyl/N-ethyl adjacent to an activating group) is 1. The first-order chi connectivity index (χ1) is 7.31. The number of ether oxygens (including phenoxy) is 1. The lowest BCUT2D eigenvalue weighted by Crippen LogP contribution is -2.48. The van der Waals surface area contributed by atoms with Crippen LogP contribution in [0.15, 0.2) is 11.6 Å². The van der Waals surface area contributed by atoms with Crippen molar-refractivity contribution in [3.05, 3.63) is 11.6 Å². The fourth-order valence-electron chi connectivity index (χ4n) is 1.61. The number of nitrogens with one attached hydrogen (secondary N) is 1. The second-order valence-electron chi connectivity index (χ2n) is 3.43. The summed E-state index contributed by atoms with van der Waals surface area (Å²) in [6.45, 7) is 7.29. The molecule has 0 atom stereocenters. The number of nitrogens with zero attached hydrogens (tertiary/aromatic N) is 1. The molecular weight excluding hydrogens is 192 g/mol. The molecule has 1 fully saturated rings. The van der Waals surface area contributed by atoms with Gasteiger partial charge in [0, 0.05) is 25.7 Å². The normalized spacial score (nSPS) is 21.1. The van der Waals surface area contributed by atoms with Gasteiger partial charge in [-0.3, -0.25) is 9.69 Å². The van der Waals surface area contributed by atoms with E-state index in [9.17, 15) is 4.79 Å². The van der Waals surface area contributed by atoms with Crippen LogP contribution in [0.5, 0.6) is 0 Å². The molecule has 0 radical (unpaired) electrons. The molecular formula is C11H20N2O2. The van der Waals surface area contributed by atoms with Crippen molar-refractivity contribution in [1.82, 2.24) is 10.2 Å². The van der Waals surface area contributed by atoms with E-state index in [0.717, 1.165) is 31.9 Å². The molecule has 0 spiro atoms. The molecule has 1 N–H and O–H groups in total. The Bertz CT molecular complexity index is 247. The van der Waals surface area contributed by atoms with Gasteiger partial charge in [-0.2, -0.15) is 0 Å². The highest BCUT2D eigenvalue weighted by molar-refractivity contribution is 5.94. The standard InChI is InChI=1S/C9H14N2O2.C2H6/c1-10-9(12)7-2-3-11(4-7)8-5-13-6-8;1-2/h2,8H,3-6H2,1H3,(H,10,12);1-2H3. The molecule has 86 valence electrons. The van der Waals surface area contributed by atoms with Crippen molar-refractivity contribution in [3.63, 3.8) is 0 Å². The largest absolute Gasteiger partial charge is 0.378 e. The van der Waals surface area contributed by atoms with Crippen LogP contribution >= 0.6 is 0 Å². The van der Waals surface area contributed by atoms with Crippen molar-refractivity contribution in [3.8, 4) is 0 Å². The van der Waals surface area contributed by atoms with Gasteiger partial charge in [0.1, 0.15) is 0 Å². The minimum atomic E-state index is 0.0442. The van der Waals surface area contributed by atoms with Crippen molar-refractivity contribution >= 4 is 5.91 Å². The van der Waals surface area contributed by atoms with Crippen molar-refractivity contribution in [2.45, 2.75) is 19.9 Å². The molecule has 2 aliphatic heterocycles.